The number of nitrogens with one attached hydrogen (secondary N) is 1. The molecule has 0 aliphatic heterocycles. The maximum Gasteiger partial charge on any atom is 0.182 e. The normalized spacial score (nSPS) is 10.9. The maximum atomic E-state index is 14.0. The summed E-state index contributed by atoms with van der Waals surface area (Å²) >= 11 is 5.19. The molecule has 0 atom stereocenters. The van der Waals surface area contributed by atoms with Crippen LogP contribution < -0.4 is 4.74 Å². The van der Waals surface area contributed by atoms with E-state index in [0.29, 0.717) is 16.8 Å². The summed E-state index contributed by atoms with van der Waals surface area (Å²) in [5.74, 6) is -0.385. The third kappa shape index (κ3) is 1.98. The highest BCUT2D eigenvalue weighted by Crippen LogP contribution is 2.25. The first-order chi connectivity index (χ1) is 9.60. The first-order valence-corrected chi connectivity index (χ1v) is 6.25. The molecule has 3 nitrogen and oxygen atoms in total. The Labute approximate surface area is 118 Å². The van der Waals surface area contributed by atoms with Crippen molar-refractivity contribution in [3.05, 3.63) is 52.8 Å². The van der Waals surface area contributed by atoms with Crippen LogP contribution in [0.4, 0.5) is 8.78 Å². The van der Waals surface area contributed by atoms with Crippen LogP contribution in [0.2, 0.25) is 0 Å². The lowest BCUT2D eigenvalue weighted by Crippen LogP contribution is -1.99. The molecule has 0 radical (unpaired) electrons. The minimum absolute atomic E-state index is 0.214. The summed E-state index contributed by atoms with van der Waals surface area (Å²) in [5.41, 5.74) is 1.33. The molecule has 3 aromatic rings. The summed E-state index contributed by atoms with van der Waals surface area (Å²) in [5, 5.41) is 0. The Kier molecular flexibility index (Phi) is 3.02. The molecule has 1 heterocycles. The lowest BCUT2D eigenvalue weighted by molar-refractivity contribution is 0.413. The van der Waals surface area contributed by atoms with E-state index in [-0.39, 0.29) is 10.5 Å². The van der Waals surface area contributed by atoms with Gasteiger partial charge in [-0.25, -0.2) is 8.78 Å². The van der Waals surface area contributed by atoms with Crippen LogP contribution >= 0.6 is 12.2 Å². The van der Waals surface area contributed by atoms with Crippen LogP contribution in [0, 0.1) is 16.4 Å². The average molecular weight is 292 g/mol. The van der Waals surface area contributed by atoms with Gasteiger partial charge in [0.25, 0.3) is 0 Å². The number of nitrogens with zero attached hydrogens (tertiary/aromatic N) is 1. The molecule has 102 valence electrons. The van der Waals surface area contributed by atoms with Gasteiger partial charge in [-0.3, -0.25) is 4.57 Å². The first-order valence-electron chi connectivity index (χ1n) is 5.84. The van der Waals surface area contributed by atoms with E-state index >= 15 is 0 Å². The monoisotopic (exact) mass is 292 g/mol. The van der Waals surface area contributed by atoms with E-state index in [1.807, 2.05) is 0 Å². The largest absolute Gasteiger partial charge is 0.497 e. The summed E-state index contributed by atoms with van der Waals surface area (Å²) in [4.78, 5) is 2.92. The second kappa shape index (κ2) is 4.72. The molecule has 0 amide bonds. The molecule has 0 saturated carbocycles. The maximum absolute atomic E-state index is 14.0. The topological polar surface area (TPSA) is 29.9 Å². The zero-order valence-corrected chi connectivity index (χ0v) is 11.3. The highest BCUT2D eigenvalue weighted by Gasteiger charge is 2.12. The SMILES string of the molecule is COc1ccc(F)c(-n2c(=S)[nH]c3ccc(F)cc32)c1. The highest BCUT2D eigenvalue weighted by molar-refractivity contribution is 7.71. The van der Waals surface area contributed by atoms with E-state index < -0.39 is 11.6 Å². The van der Waals surface area contributed by atoms with Crippen LogP contribution in [0.3, 0.4) is 0 Å². The molecule has 0 fully saturated rings. The van der Waals surface area contributed by atoms with Crippen molar-refractivity contribution >= 4 is 23.3 Å². The number of methoxy groups -OCH3 is 1. The number of halogens is 2. The van der Waals surface area contributed by atoms with E-state index in [2.05, 4.69) is 4.98 Å². The smallest absolute Gasteiger partial charge is 0.182 e. The molecule has 0 bridgehead atoms. The molecule has 0 unspecified atom stereocenters. The number of fused-ring (bicyclic) bond motifs is 1. The third-order valence-electron chi connectivity index (χ3n) is 3.04. The van der Waals surface area contributed by atoms with Crippen molar-refractivity contribution in [3.8, 4) is 11.4 Å². The predicted octanol–water partition coefficient (Wildman–Crippen LogP) is 3.97. The summed E-state index contributed by atoms with van der Waals surface area (Å²) in [6.45, 7) is 0. The molecule has 1 aromatic heterocycles. The van der Waals surface area contributed by atoms with Crippen LogP contribution in [0.1, 0.15) is 0 Å². The van der Waals surface area contributed by atoms with E-state index in [9.17, 15) is 8.78 Å². The van der Waals surface area contributed by atoms with Gasteiger partial charge in [-0.15, -0.1) is 0 Å². The second-order valence-corrected chi connectivity index (χ2v) is 4.63. The molecule has 6 heteroatoms. The van der Waals surface area contributed by atoms with Crippen molar-refractivity contribution < 1.29 is 13.5 Å². The van der Waals surface area contributed by atoms with E-state index in [0.717, 1.165) is 0 Å². The van der Waals surface area contributed by atoms with Gasteiger partial charge in [-0.1, -0.05) is 0 Å². The van der Waals surface area contributed by atoms with Crippen LogP contribution in [0.5, 0.6) is 5.75 Å². The zero-order chi connectivity index (χ0) is 14.3. The molecule has 20 heavy (non-hydrogen) atoms. The average Bonchev–Trinajstić information content (AvgIpc) is 2.75. The number of aromatic amines is 1. The molecule has 2 aromatic carbocycles. The fourth-order valence-electron chi connectivity index (χ4n) is 2.11. The Morgan fingerprint density at radius 2 is 1.95 bits per heavy atom. The molecular formula is C14H10F2N2OS. The lowest BCUT2D eigenvalue weighted by atomic mass is 10.2. The van der Waals surface area contributed by atoms with Gasteiger partial charge in [-0.05, 0) is 36.5 Å². The molecule has 0 spiro atoms. The molecular weight excluding hydrogens is 282 g/mol. The molecule has 0 saturated heterocycles. The van der Waals surface area contributed by atoms with Crippen molar-refractivity contribution in [2.75, 3.05) is 7.11 Å². The Morgan fingerprint density at radius 1 is 1.15 bits per heavy atom. The van der Waals surface area contributed by atoms with Crippen LogP contribution in [-0.4, -0.2) is 16.7 Å². The quantitative estimate of drug-likeness (QED) is 0.724. The van der Waals surface area contributed by atoms with E-state index in [1.54, 1.807) is 6.07 Å². The minimum Gasteiger partial charge on any atom is -0.497 e. The van der Waals surface area contributed by atoms with Crippen LogP contribution in [0.15, 0.2) is 36.4 Å². The summed E-state index contributed by atoms with van der Waals surface area (Å²) in [7, 11) is 1.49. The number of hydrogen-bond acceptors (Lipinski definition) is 2. The van der Waals surface area contributed by atoms with Gasteiger partial charge in [-0.2, -0.15) is 0 Å². The summed E-state index contributed by atoms with van der Waals surface area (Å²) < 4.78 is 34.3. The lowest BCUT2D eigenvalue weighted by Gasteiger charge is -2.08. The van der Waals surface area contributed by atoms with E-state index in [4.69, 9.17) is 17.0 Å². The number of rotatable bonds is 2. The van der Waals surface area contributed by atoms with Gasteiger partial charge in [0, 0.05) is 12.1 Å². The number of ether oxygens (including phenoxy) is 1. The van der Waals surface area contributed by atoms with Crippen LogP contribution in [0.25, 0.3) is 16.7 Å². The van der Waals surface area contributed by atoms with Gasteiger partial charge < -0.3 is 9.72 Å². The van der Waals surface area contributed by atoms with Crippen molar-refractivity contribution in [1.82, 2.24) is 9.55 Å². The molecule has 1 N–H and O–H groups in total. The van der Waals surface area contributed by atoms with Gasteiger partial charge >= 0.3 is 0 Å². The zero-order valence-electron chi connectivity index (χ0n) is 10.5. The van der Waals surface area contributed by atoms with Gasteiger partial charge in [0.05, 0.1) is 23.8 Å². The highest BCUT2D eigenvalue weighted by atomic mass is 32.1. The number of H-pyrrole nitrogens is 1. The van der Waals surface area contributed by atoms with Crippen molar-refractivity contribution in [2.24, 2.45) is 0 Å². The molecule has 3 rings (SSSR count). The summed E-state index contributed by atoms with van der Waals surface area (Å²) in [6, 6.07) is 8.50. The fourth-order valence-corrected chi connectivity index (χ4v) is 2.41. The van der Waals surface area contributed by atoms with Crippen molar-refractivity contribution in [3.63, 3.8) is 0 Å². The number of imidazole rings is 1. The standard InChI is InChI=1S/C14H10F2N2OS/c1-19-9-3-4-10(16)12(7-9)18-13-6-8(15)2-5-11(13)17-14(18)20/h2-7H,1H3,(H,17,20). The molecule has 0 aliphatic carbocycles. The second-order valence-electron chi connectivity index (χ2n) is 4.24. The summed E-state index contributed by atoms with van der Waals surface area (Å²) in [6.07, 6.45) is 0. The van der Waals surface area contributed by atoms with Gasteiger partial charge in [0.2, 0.25) is 0 Å². The third-order valence-corrected chi connectivity index (χ3v) is 3.32. The number of aromatic nitrogens is 2. The van der Waals surface area contributed by atoms with Gasteiger partial charge in [0.1, 0.15) is 17.4 Å². The fraction of sp³-hybridized carbons (Fsp3) is 0.0714. The van der Waals surface area contributed by atoms with Gasteiger partial charge in [0.15, 0.2) is 4.77 Å². The first kappa shape index (κ1) is 12.8. The number of benzene rings is 2. The Balaban J connectivity index is 2.37. The Morgan fingerprint density at radius 3 is 2.70 bits per heavy atom. The Bertz CT molecular complexity index is 854. The minimum atomic E-state index is -0.466. The van der Waals surface area contributed by atoms with E-state index in [1.165, 1.54) is 42.0 Å². The predicted molar refractivity (Wildman–Crippen MR) is 74.9 cm³/mol. The van der Waals surface area contributed by atoms with Crippen molar-refractivity contribution in [2.45, 2.75) is 0 Å². The van der Waals surface area contributed by atoms with Crippen LogP contribution in [-0.2, 0) is 0 Å². The molecule has 0 aliphatic rings. The Hall–Kier alpha value is -2.21. The van der Waals surface area contributed by atoms with Crippen molar-refractivity contribution in [1.29, 1.82) is 0 Å². The number of hydrogen-bond donors (Lipinski definition) is 1.